The van der Waals surface area contributed by atoms with Gasteiger partial charge in [0.15, 0.2) is 11.5 Å². The fourth-order valence-electron chi connectivity index (χ4n) is 4.45. The van der Waals surface area contributed by atoms with E-state index in [1.807, 2.05) is 0 Å². The van der Waals surface area contributed by atoms with Crippen LogP contribution < -0.4 is 19.5 Å². The highest BCUT2D eigenvalue weighted by Crippen LogP contribution is 2.41. The van der Waals surface area contributed by atoms with Crippen molar-refractivity contribution in [1.29, 1.82) is 0 Å². The van der Waals surface area contributed by atoms with Crippen LogP contribution in [0.1, 0.15) is 61.7 Å². The van der Waals surface area contributed by atoms with E-state index in [4.69, 9.17) is 46.9 Å². The molecule has 1 heterocycles. The number of halogens is 4. The van der Waals surface area contributed by atoms with Gasteiger partial charge in [-0.3, -0.25) is 10.3 Å². The van der Waals surface area contributed by atoms with Crippen molar-refractivity contribution in [2.45, 2.75) is 58.9 Å². The van der Waals surface area contributed by atoms with Crippen LogP contribution in [0, 0.1) is 11.8 Å². The van der Waals surface area contributed by atoms with Crippen LogP contribution in [0.25, 0.3) is 0 Å². The number of nitrogens with one attached hydrogen (secondary N) is 1. The van der Waals surface area contributed by atoms with E-state index >= 15 is 0 Å². The van der Waals surface area contributed by atoms with Gasteiger partial charge < -0.3 is 23.7 Å². The van der Waals surface area contributed by atoms with Gasteiger partial charge in [-0.2, -0.15) is 8.78 Å². The van der Waals surface area contributed by atoms with E-state index < -0.39 is 30.4 Å². The van der Waals surface area contributed by atoms with E-state index in [1.165, 1.54) is 55.9 Å². The average molecular weight is 668 g/mol. The molecular formula is C32H34Cl2F2N2O7. The summed E-state index contributed by atoms with van der Waals surface area (Å²) in [6, 6.07) is 8.68. The number of pyridine rings is 1. The number of alkyl halides is 2. The van der Waals surface area contributed by atoms with Crippen LogP contribution in [-0.2, 0) is 15.9 Å². The summed E-state index contributed by atoms with van der Waals surface area (Å²) in [6.45, 7) is 4.47. The Morgan fingerprint density at radius 2 is 1.71 bits per heavy atom. The van der Waals surface area contributed by atoms with Gasteiger partial charge in [0.25, 0.3) is 0 Å². The Morgan fingerprint density at radius 3 is 2.31 bits per heavy atom. The van der Waals surface area contributed by atoms with E-state index in [0.29, 0.717) is 29.6 Å². The first-order chi connectivity index (χ1) is 21.2. The largest absolute Gasteiger partial charge is 0.495 e. The number of carbonyl (C=O) groups is 2. The molecule has 1 aliphatic carbocycles. The van der Waals surface area contributed by atoms with Crippen LogP contribution >= 0.6 is 23.2 Å². The minimum atomic E-state index is -3.07. The van der Waals surface area contributed by atoms with Gasteiger partial charge in [0.1, 0.15) is 17.5 Å². The number of esters is 1. The van der Waals surface area contributed by atoms with Gasteiger partial charge in [-0.05, 0) is 80.5 Å². The van der Waals surface area contributed by atoms with E-state index in [0.717, 1.165) is 6.42 Å². The number of amides is 1. The van der Waals surface area contributed by atoms with E-state index in [-0.39, 0.29) is 45.0 Å². The van der Waals surface area contributed by atoms with Gasteiger partial charge in [0.05, 0.1) is 35.0 Å². The van der Waals surface area contributed by atoms with E-state index in [1.54, 1.807) is 20.8 Å². The van der Waals surface area contributed by atoms with Crippen molar-refractivity contribution in [2.75, 3.05) is 19.0 Å². The summed E-state index contributed by atoms with van der Waals surface area (Å²) in [5.41, 5.74) is 0.363. The zero-order chi connectivity index (χ0) is 32.9. The molecule has 0 bridgehead atoms. The number of aromatic nitrogens is 1. The fourth-order valence-corrected chi connectivity index (χ4v) is 4.97. The molecule has 4 rings (SSSR count). The molecule has 45 heavy (non-hydrogen) atoms. The normalized spacial score (nSPS) is 16.5. The van der Waals surface area contributed by atoms with E-state index in [2.05, 4.69) is 17.2 Å². The fraction of sp³-hybridized carbons (Fsp3) is 0.406. The smallest absolute Gasteiger partial charge is 0.412 e. The van der Waals surface area contributed by atoms with Crippen molar-refractivity contribution in [3.63, 3.8) is 0 Å². The van der Waals surface area contributed by atoms with Crippen LogP contribution in [0.5, 0.6) is 17.2 Å². The van der Waals surface area contributed by atoms with Crippen LogP contribution in [-0.4, -0.2) is 43.0 Å². The quantitative estimate of drug-likeness (QED) is 0.192. The van der Waals surface area contributed by atoms with Crippen molar-refractivity contribution < 1.29 is 42.1 Å². The number of carbonyl (C=O) groups excluding carboxylic acids is 2. The van der Waals surface area contributed by atoms with Gasteiger partial charge in [-0.1, -0.05) is 36.2 Å². The van der Waals surface area contributed by atoms with Gasteiger partial charge in [-0.25, -0.2) is 9.59 Å². The second kappa shape index (κ2) is 14.5. The van der Waals surface area contributed by atoms with Crippen LogP contribution in [0.2, 0.25) is 10.0 Å². The maximum absolute atomic E-state index is 13.6. The van der Waals surface area contributed by atoms with Crippen molar-refractivity contribution in [1.82, 2.24) is 4.98 Å². The minimum absolute atomic E-state index is 0.0131. The lowest BCUT2D eigenvalue weighted by molar-refractivity contribution is -0.0515. The van der Waals surface area contributed by atoms with Crippen molar-refractivity contribution >= 4 is 41.0 Å². The van der Waals surface area contributed by atoms with Gasteiger partial charge in [-0.15, -0.1) is 0 Å². The molecule has 1 saturated carbocycles. The molecule has 2 unspecified atom stereocenters. The molecule has 0 radical (unpaired) electrons. The summed E-state index contributed by atoms with van der Waals surface area (Å²) in [4.78, 5) is 30.0. The Hall–Kier alpha value is -3.83. The molecule has 3 atom stereocenters. The number of ether oxygens (including phenoxy) is 5. The Morgan fingerprint density at radius 1 is 1.04 bits per heavy atom. The van der Waals surface area contributed by atoms with E-state index in [9.17, 15) is 18.4 Å². The molecule has 0 spiro atoms. The topological polar surface area (TPSA) is 105 Å². The van der Waals surface area contributed by atoms with Crippen molar-refractivity contribution in [3.8, 4) is 17.2 Å². The van der Waals surface area contributed by atoms with Gasteiger partial charge >= 0.3 is 18.7 Å². The molecule has 1 aliphatic rings. The van der Waals surface area contributed by atoms with Crippen molar-refractivity contribution in [2.24, 2.45) is 11.8 Å². The summed E-state index contributed by atoms with van der Waals surface area (Å²) in [5.74, 6) is 0.212. The highest BCUT2D eigenvalue weighted by Gasteiger charge is 2.33. The van der Waals surface area contributed by atoms with Crippen LogP contribution in [0.15, 0.2) is 48.8 Å². The number of hydrogen-bond acceptors (Lipinski definition) is 8. The molecule has 0 aliphatic heterocycles. The maximum atomic E-state index is 13.6. The lowest BCUT2D eigenvalue weighted by Gasteiger charge is -2.22. The monoisotopic (exact) mass is 666 g/mol. The molecule has 1 N–H and O–H groups in total. The third kappa shape index (κ3) is 9.58. The van der Waals surface area contributed by atoms with Gasteiger partial charge in [0, 0.05) is 18.8 Å². The number of benzene rings is 2. The number of nitrogens with zero attached hydrogens (tertiary/aromatic N) is 1. The summed E-state index contributed by atoms with van der Waals surface area (Å²) in [5, 5.41) is 3.07. The molecule has 1 amide bonds. The summed E-state index contributed by atoms with van der Waals surface area (Å²) in [7, 11) is 1.41. The van der Waals surface area contributed by atoms with Gasteiger partial charge in [0.2, 0.25) is 0 Å². The standard InChI is InChI=1S/C32H34Cl2F2N2O7/c1-17-10-20(17)16-42-28-12-18(6-9-26(28)44-30(35)36)27(13-21-22(33)14-37-15-23(21)34)43-29(39)19-7-8-25(41-5)24(11-19)38-31(40)45-32(2,3)4/h6-9,11-12,14-15,17,20,27,30H,10,13,16H2,1-5H3,(H,38,40)/t17?,20?,27-/m0/s1. The summed E-state index contributed by atoms with van der Waals surface area (Å²) >= 11 is 12.8. The molecule has 1 fully saturated rings. The molecule has 3 aromatic rings. The lowest BCUT2D eigenvalue weighted by atomic mass is 10.0. The zero-order valence-corrected chi connectivity index (χ0v) is 26.9. The molecule has 242 valence electrons. The highest BCUT2D eigenvalue weighted by atomic mass is 35.5. The van der Waals surface area contributed by atoms with Crippen LogP contribution in [0.4, 0.5) is 19.3 Å². The van der Waals surface area contributed by atoms with Crippen LogP contribution in [0.3, 0.4) is 0 Å². The Balaban J connectivity index is 1.67. The SMILES string of the molecule is COc1ccc(C(=O)O[C@@H](Cc2c(Cl)cncc2Cl)c2ccc(OC(F)F)c(OCC3CC3C)c2)cc1NC(=O)OC(C)(C)C. The second-order valence-corrected chi connectivity index (χ2v) is 12.4. The molecule has 9 nitrogen and oxygen atoms in total. The number of rotatable bonds is 12. The Labute approximate surface area is 270 Å². The third-order valence-electron chi connectivity index (χ3n) is 6.95. The number of hydrogen-bond donors (Lipinski definition) is 1. The lowest BCUT2D eigenvalue weighted by Crippen LogP contribution is -2.27. The average Bonchev–Trinajstić information content (AvgIpc) is 3.67. The molecular weight excluding hydrogens is 633 g/mol. The maximum Gasteiger partial charge on any atom is 0.412 e. The highest BCUT2D eigenvalue weighted by molar-refractivity contribution is 6.35. The Kier molecular flexibility index (Phi) is 11.0. The summed E-state index contributed by atoms with van der Waals surface area (Å²) < 4.78 is 53.6. The number of methoxy groups -OCH3 is 1. The molecule has 13 heteroatoms. The third-order valence-corrected chi connectivity index (χ3v) is 7.60. The first-order valence-electron chi connectivity index (χ1n) is 14.1. The zero-order valence-electron chi connectivity index (χ0n) is 25.4. The predicted octanol–water partition coefficient (Wildman–Crippen LogP) is 8.52. The minimum Gasteiger partial charge on any atom is -0.495 e. The molecule has 2 aromatic carbocycles. The second-order valence-electron chi connectivity index (χ2n) is 11.6. The van der Waals surface area contributed by atoms with Crippen molar-refractivity contribution in [3.05, 3.63) is 75.5 Å². The predicted molar refractivity (Wildman–Crippen MR) is 165 cm³/mol. The first-order valence-corrected chi connectivity index (χ1v) is 14.9. The number of anilines is 1. The summed E-state index contributed by atoms with van der Waals surface area (Å²) in [6.07, 6.45) is 2.04. The molecule has 0 saturated heterocycles. The first kappa shape index (κ1) is 34.1. The Bertz CT molecular complexity index is 1510. The molecule has 1 aromatic heterocycles.